The maximum atomic E-state index is 11.3. The molecule has 10 heteroatoms. The van der Waals surface area contributed by atoms with Gasteiger partial charge in [0.1, 0.15) is 6.33 Å². The van der Waals surface area contributed by atoms with Crippen molar-refractivity contribution in [2.45, 2.75) is 18.6 Å². The molecule has 2 rings (SSSR count). The van der Waals surface area contributed by atoms with E-state index in [9.17, 15) is 15.2 Å². The number of likely N-dealkylation sites (N-methyl/N-ethyl adjacent to an activating group) is 1. The molecule has 1 aromatic rings. The number of aromatic nitrogens is 2. The van der Waals surface area contributed by atoms with Crippen molar-refractivity contribution in [2.75, 3.05) is 37.5 Å². The standard InChI is InChI=1S/C11H19N7O3/c1-16(2)4-7-3-8(19)5-17(7)11-9(18(20)21)10(15-12)13-6-14-11/h6-8,19H,3-5,12H2,1-2H3,(H,13,14,15). The van der Waals surface area contributed by atoms with E-state index in [1.54, 1.807) is 4.90 Å². The van der Waals surface area contributed by atoms with Gasteiger partial charge in [0.25, 0.3) is 0 Å². The van der Waals surface area contributed by atoms with E-state index in [0.717, 1.165) is 0 Å². The quantitative estimate of drug-likeness (QED) is 0.361. The van der Waals surface area contributed by atoms with E-state index in [0.29, 0.717) is 19.5 Å². The zero-order chi connectivity index (χ0) is 15.6. The molecule has 1 aromatic heterocycles. The fourth-order valence-corrected chi connectivity index (χ4v) is 2.60. The van der Waals surface area contributed by atoms with Crippen LogP contribution in [0.5, 0.6) is 0 Å². The number of hydrogen-bond acceptors (Lipinski definition) is 9. The number of β-amino-alcohol motifs (C(OH)–C–C–N with tert-alkyl or cyclic N) is 1. The van der Waals surface area contributed by atoms with E-state index in [2.05, 4.69) is 15.4 Å². The zero-order valence-corrected chi connectivity index (χ0v) is 11.9. The van der Waals surface area contributed by atoms with Gasteiger partial charge < -0.3 is 20.3 Å². The van der Waals surface area contributed by atoms with Gasteiger partial charge in [-0.2, -0.15) is 0 Å². The Balaban J connectivity index is 2.42. The number of nitrogens with one attached hydrogen (secondary N) is 1. The Bertz CT molecular complexity index is 525. The molecule has 0 aliphatic carbocycles. The van der Waals surface area contributed by atoms with Crippen LogP contribution in [0, 0.1) is 10.1 Å². The molecule has 2 atom stereocenters. The summed E-state index contributed by atoms with van der Waals surface area (Å²) in [6, 6.07) is -0.0609. The molecule has 1 aliphatic rings. The molecule has 2 heterocycles. The van der Waals surface area contributed by atoms with Gasteiger partial charge in [0.2, 0.25) is 11.6 Å². The lowest BCUT2D eigenvalue weighted by Gasteiger charge is -2.27. The minimum Gasteiger partial charge on any atom is -0.391 e. The molecule has 0 amide bonds. The van der Waals surface area contributed by atoms with Gasteiger partial charge in [-0.1, -0.05) is 0 Å². The molecule has 4 N–H and O–H groups in total. The molecular weight excluding hydrogens is 278 g/mol. The number of rotatable bonds is 5. The largest absolute Gasteiger partial charge is 0.391 e. The molecule has 0 spiro atoms. The van der Waals surface area contributed by atoms with Crippen molar-refractivity contribution >= 4 is 17.3 Å². The average Bonchev–Trinajstić information content (AvgIpc) is 2.77. The fraction of sp³-hybridized carbons (Fsp3) is 0.636. The normalized spacial score (nSPS) is 21.9. The van der Waals surface area contributed by atoms with Crippen LogP contribution in [-0.2, 0) is 0 Å². The maximum absolute atomic E-state index is 11.3. The summed E-state index contributed by atoms with van der Waals surface area (Å²) >= 11 is 0. The van der Waals surface area contributed by atoms with Gasteiger partial charge in [-0.25, -0.2) is 15.8 Å². The van der Waals surface area contributed by atoms with E-state index >= 15 is 0 Å². The number of anilines is 2. The number of nitro groups is 1. The van der Waals surface area contributed by atoms with Crippen molar-refractivity contribution in [3.05, 3.63) is 16.4 Å². The summed E-state index contributed by atoms with van der Waals surface area (Å²) in [4.78, 5) is 22.2. The zero-order valence-electron chi connectivity index (χ0n) is 11.9. The topological polar surface area (TPSA) is 134 Å². The van der Waals surface area contributed by atoms with Crippen molar-refractivity contribution < 1.29 is 10.0 Å². The molecule has 2 unspecified atom stereocenters. The summed E-state index contributed by atoms with van der Waals surface area (Å²) in [5.74, 6) is 5.40. The molecular formula is C11H19N7O3. The highest BCUT2D eigenvalue weighted by atomic mass is 16.6. The number of aliphatic hydroxyl groups is 1. The maximum Gasteiger partial charge on any atom is 0.354 e. The minimum absolute atomic E-state index is 0.0463. The van der Waals surface area contributed by atoms with Crippen LogP contribution in [0.3, 0.4) is 0 Å². The summed E-state index contributed by atoms with van der Waals surface area (Å²) in [7, 11) is 3.81. The highest BCUT2D eigenvalue weighted by molar-refractivity contribution is 5.70. The van der Waals surface area contributed by atoms with E-state index in [1.807, 2.05) is 19.0 Å². The van der Waals surface area contributed by atoms with Gasteiger partial charge in [-0.15, -0.1) is 0 Å². The van der Waals surface area contributed by atoms with Crippen LogP contribution in [0.4, 0.5) is 17.3 Å². The van der Waals surface area contributed by atoms with Crippen molar-refractivity contribution in [1.82, 2.24) is 14.9 Å². The van der Waals surface area contributed by atoms with Crippen LogP contribution in [0.2, 0.25) is 0 Å². The molecule has 0 radical (unpaired) electrons. The monoisotopic (exact) mass is 297 g/mol. The van der Waals surface area contributed by atoms with Gasteiger partial charge >= 0.3 is 5.69 Å². The highest BCUT2D eigenvalue weighted by Crippen LogP contribution is 2.35. The van der Waals surface area contributed by atoms with Crippen LogP contribution < -0.4 is 16.2 Å². The van der Waals surface area contributed by atoms with E-state index in [1.165, 1.54) is 6.33 Å². The number of aliphatic hydroxyl groups excluding tert-OH is 1. The van der Waals surface area contributed by atoms with Crippen molar-refractivity contribution in [3.63, 3.8) is 0 Å². The first-order valence-electron chi connectivity index (χ1n) is 6.49. The second-order valence-electron chi connectivity index (χ2n) is 5.25. The third kappa shape index (κ3) is 3.17. The van der Waals surface area contributed by atoms with Gasteiger partial charge in [0, 0.05) is 19.1 Å². The van der Waals surface area contributed by atoms with Crippen LogP contribution >= 0.6 is 0 Å². The Morgan fingerprint density at radius 3 is 2.90 bits per heavy atom. The molecule has 10 nitrogen and oxygen atoms in total. The first kappa shape index (κ1) is 15.4. The SMILES string of the molecule is CN(C)CC1CC(O)CN1c1ncnc(NN)c1[N+](=O)[O-]. The second-order valence-corrected chi connectivity index (χ2v) is 5.25. The van der Waals surface area contributed by atoms with Crippen LogP contribution in [0.25, 0.3) is 0 Å². The molecule has 0 aromatic carbocycles. The number of hydrazine groups is 1. The first-order chi connectivity index (χ1) is 9.93. The number of nitrogens with zero attached hydrogens (tertiary/aromatic N) is 5. The Kier molecular flexibility index (Phi) is 4.50. The lowest BCUT2D eigenvalue weighted by Crippen LogP contribution is -2.38. The van der Waals surface area contributed by atoms with Crippen molar-refractivity contribution in [1.29, 1.82) is 0 Å². The first-order valence-corrected chi connectivity index (χ1v) is 6.49. The predicted molar refractivity (Wildman–Crippen MR) is 76.8 cm³/mol. The Morgan fingerprint density at radius 2 is 2.33 bits per heavy atom. The van der Waals surface area contributed by atoms with Gasteiger partial charge in [-0.05, 0) is 20.5 Å². The van der Waals surface area contributed by atoms with Crippen molar-refractivity contribution in [3.8, 4) is 0 Å². The van der Waals surface area contributed by atoms with Crippen LogP contribution in [0.15, 0.2) is 6.33 Å². The lowest BCUT2D eigenvalue weighted by atomic mass is 10.2. The third-order valence-corrected chi connectivity index (χ3v) is 3.36. The van der Waals surface area contributed by atoms with E-state index in [-0.39, 0.29) is 23.4 Å². The number of hydrogen-bond donors (Lipinski definition) is 3. The summed E-state index contributed by atoms with van der Waals surface area (Å²) < 4.78 is 0. The van der Waals surface area contributed by atoms with Gasteiger partial charge in [-0.3, -0.25) is 10.1 Å². The Morgan fingerprint density at radius 1 is 1.62 bits per heavy atom. The summed E-state index contributed by atoms with van der Waals surface area (Å²) in [5.41, 5.74) is 1.94. The smallest absolute Gasteiger partial charge is 0.354 e. The molecule has 1 fully saturated rings. The lowest BCUT2D eigenvalue weighted by molar-refractivity contribution is -0.383. The molecule has 0 bridgehead atoms. The summed E-state index contributed by atoms with van der Waals surface area (Å²) in [6.45, 7) is 0.948. The fourth-order valence-electron chi connectivity index (χ4n) is 2.60. The predicted octanol–water partition coefficient (Wildman–Crippen LogP) is -0.828. The third-order valence-electron chi connectivity index (χ3n) is 3.36. The Labute approximate surface area is 121 Å². The van der Waals surface area contributed by atoms with E-state index in [4.69, 9.17) is 5.84 Å². The van der Waals surface area contributed by atoms with Crippen molar-refractivity contribution in [2.24, 2.45) is 5.84 Å². The number of nitrogens with two attached hydrogens (primary N) is 1. The summed E-state index contributed by atoms with van der Waals surface area (Å²) in [5, 5.41) is 21.2. The molecule has 1 saturated heterocycles. The Hall–Kier alpha value is -2.04. The molecule has 21 heavy (non-hydrogen) atoms. The molecule has 1 aliphatic heterocycles. The highest BCUT2D eigenvalue weighted by Gasteiger charge is 2.37. The minimum atomic E-state index is -0.568. The van der Waals surface area contributed by atoms with Crippen LogP contribution in [-0.4, -0.2) is 64.2 Å². The molecule has 116 valence electrons. The number of nitrogen functional groups attached to an aromatic ring is 1. The van der Waals surface area contributed by atoms with Gasteiger partial charge in [0.05, 0.1) is 11.0 Å². The second kappa shape index (κ2) is 6.16. The van der Waals surface area contributed by atoms with E-state index < -0.39 is 11.0 Å². The van der Waals surface area contributed by atoms with Gasteiger partial charge in [0.15, 0.2) is 0 Å². The average molecular weight is 297 g/mol. The summed E-state index contributed by atoms with van der Waals surface area (Å²) in [6.07, 6.45) is 1.21. The molecule has 0 saturated carbocycles. The van der Waals surface area contributed by atoms with Crippen LogP contribution in [0.1, 0.15) is 6.42 Å².